The quantitative estimate of drug-likeness (QED) is 0.270. The van der Waals surface area contributed by atoms with Crippen molar-refractivity contribution in [3.8, 4) is 11.5 Å². The summed E-state index contributed by atoms with van der Waals surface area (Å²) in [5.74, 6) is 0.397. The second kappa shape index (κ2) is 12.4. The van der Waals surface area contributed by atoms with Crippen LogP contribution in [0.2, 0.25) is 0 Å². The number of amides is 1. The highest BCUT2D eigenvalue weighted by Gasteiger charge is 2.25. The van der Waals surface area contributed by atoms with E-state index in [1.54, 1.807) is 30.5 Å². The van der Waals surface area contributed by atoms with Gasteiger partial charge in [0, 0.05) is 16.8 Å². The molecule has 1 aliphatic carbocycles. The zero-order valence-electron chi connectivity index (χ0n) is 20.5. The molecule has 4 rings (SSSR count). The van der Waals surface area contributed by atoms with E-state index in [0.717, 1.165) is 42.5 Å². The van der Waals surface area contributed by atoms with Crippen LogP contribution in [0.15, 0.2) is 53.5 Å². The fourth-order valence-electron chi connectivity index (χ4n) is 4.06. The molecule has 0 atom stereocenters. The third kappa shape index (κ3) is 6.31. The van der Waals surface area contributed by atoms with Crippen LogP contribution in [0.3, 0.4) is 0 Å². The topological polar surface area (TPSA) is 86.2 Å². The summed E-state index contributed by atoms with van der Waals surface area (Å²) < 4.78 is 16.2. The van der Waals surface area contributed by atoms with E-state index in [-0.39, 0.29) is 12.5 Å². The van der Waals surface area contributed by atoms with Crippen LogP contribution < -0.4 is 14.8 Å². The van der Waals surface area contributed by atoms with Crippen LogP contribution in [0.5, 0.6) is 11.5 Å². The SMILES string of the molecule is CCOC(=O)COc1ccc(C=Nc2sc3c(c2C(=O)Nc2ccccc2)CCCC3)cc1OCC. The van der Waals surface area contributed by atoms with E-state index in [4.69, 9.17) is 19.2 Å². The molecule has 8 heteroatoms. The first-order valence-electron chi connectivity index (χ1n) is 12.2. The number of para-hydroxylation sites is 1. The average Bonchev–Trinajstić information content (AvgIpc) is 3.26. The van der Waals surface area contributed by atoms with Crippen LogP contribution in [0.25, 0.3) is 0 Å². The highest BCUT2D eigenvalue weighted by molar-refractivity contribution is 7.16. The van der Waals surface area contributed by atoms with E-state index in [1.165, 1.54) is 4.88 Å². The van der Waals surface area contributed by atoms with Gasteiger partial charge in [0.05, 0.1) is 18.8 Å². The minimum Gasteiger partial charge on any atom is -0.490 e. The molecule has 0 radical (unpaired) electrons. The highest BCUT2D eigenvalue weighted by atomic mass is 32.1. The van der Waals surface area contributed by atoms with Gasteiger partial charge >= 0.3 is 5.97 Å². The second-order valence-corrected chi connectivity index (χ2v) is 9.29. The van der Waals surface area contributed by atoms with Crippen molar-refractivity contribution in [2.75, 3.05) is 25.1 Å². The Bertz CT molecular complexity index is 1240. The zero-order valence-corrected chi connectivity index (χ0v) is 21.4. The summed E-state index contributed by atoms with van der Waals surface area (Å²) in [5, 5.41) is 3.72. The summed E-state index contributed by atoms with van der Waals surface area (Å²) in [6, 6.07) is 14.9. The van der Waals surface area contributed by atoms with Crippen LogP contribution in [-0.2, 0) is 22.4 Å². The van der Waals surface area contributed by atoms with Gasteiger partial charge in [0.15, 0.2) is 18.1 Å². The molecular weight excluding hydrogens is 476 g/mol. The molecule has 1 aromatic heterocycles. The Hall–Kier alpha value is -3.65. The van der Waals surface area contributed by atoms with E-state index >= 15 is 0 Å². The van der Waals surface area contributed by atoms with Crippen molar-refractivity contribution in [3.05, 3.63) is 70.1 Å². The van der Waals surface area contributed by atoms with Crippen molar-refractivity contribution in [2.24, 2.45) is 4.99 Å². The van der Waals surface area contributed by atoms with Gasteiger partial charge in [-0.2, -0.15) is 0 Å². The molecule has 2 aromatic carbocycles. The Labute approximate surface area is 215 Å². The van der Waals surface area contributed by atoms with Crippen LogP contribution in [0.1, 0.15) is 53.1 Å². The zero-order chi connectivity index (χ0) is 25.3. The maximum atomic E-state index is 13.3. The summed E-state index contributed by atoms with van der Waals surface area (Å²) >= 11 is 1.59. The highest BCUT2D eigenvalue weighted by Crippen LogP contribution is 2.40. The lowest BCUT2D eigenvalue weighted by Gasteiger charge is -2.13. The van der Waals surface area contributed by atoms with Crippen molar-refractivity contribution in [1.29, 1.82) is 0 Å². The lowest BCUT2D eigenvalue weighted by Crippen LogP contribution is -2.15. The lowest BCUT2D eigenvalue weighted by atomic mass is 9.95. The number of hydrogen-bond acceptors (Lipinski definition) is 7. The van der Waals surface area contributed by atoms with Crippen LogP contribution in [0, 0.1) is 0 Å². The first kappa shape index (κ1) is 25.4. The molecular formula is C28H30N2O5S. The molecule has 1 heterocycles. The van der Waals surface area contributed by atoms with E-state index in [9.17, 15) is 9.59 Å². The number of fused-ring (bicyclic) bond motifs is 1. The van der Waals surface area contributed by atoms with E-state index in [2.05, 4.69) is 5.32 Å². The van der Waals surface area contributed by atoms with Gasteiger partial charge < -0.3 is 19.5 Å². The monoisotopic (exact) mass is 506 g/mol. The fourth-order valence-corrected chi connectivity index (χ4v) is 5.29. The number of hydrogen-bond donors (Lipinski definition) is 1. The molecule has 0 unspecified atom stereocenters. The molecule has 3 aromatic rings. The van der Waals surface area contributed by atoms with Gasteiger partial charge in [-0.1, -0.05) is 18.2 Å². The smallest absolute Gasteiger partial charge is 0.344 e. The van der Waals surface area contributed by atoms with Gasteiger partial charge in [0.2, 0.25) is 0 Å². The van der Waals surface area contributed by atoms with Gasteiger partial charge in [-0.05, 0) is 81.0 Å². The molecule has 0 aliphatic heterocycles. The number of rotatable bonds is 10. The first-order chi connectivity index (χ1) is 17.6. The largest absolute Gasteiger partial charge is 0.490 e. The van der Waals surface area contributed by atoms with E-state index < -0.39 is 5.97 Å². The summed E-state index contributed by atoms with van der Waals surface area (Å²) in [7, 11) is 0. The van der Waals surface area contributed by atoms with E-state index in [0.29, 0.717) is 35.3 Å². The maximum absolute atomic E-state index is 13.3. The van der Waals surface area contributed by atoms with Gasteiger partial charge in [-0.25, -0.2) is 9.79 Å². The third-order valence-electron chi connectivity index (χ3n) is 5.66. The molecule has 0 spiro atoms. The fraction of sp³-hybridized carbons (Fsp3) is 0.321. The molecule has 0 bridgehead atoms. The Kier molecular flexibility index (Phi) is 8.73. The number of ether oxygens (including phenoxy) is 3. The summed E-state index contributed by atoms with van der Waals surface area (Å²) in [6.45, 7) is 4.18. The molecule has 1 N–H and O–H groups in total. The summed E-state index contributed by atoms with van der Waals surface area (Å²) in [4.78, 5) is 30.9. The Morgan fingerprint density at radius 3 is 2.58 bits per heavy atom. The molecule has 188 valence electrons. The number of carbonyl (C=O) groups excluding carboxylic acids is 2. The van der Waals surface area contributed by atoms with Crippen molar-refractivity contribution >= 4 is 40.1 Å². The maximum Gasteiger partial charge on any atom is 0.344 e. The molecule has 1 amide bonds. The lowest BCUT2D eigenvalue weighted by molar-refractivity contribution is -0.145. The molecule has 0 saturated heterocycles. The minimum absolute atomic E-state index is 0.134. The minimum atomic E-state index is -0.437. The number of aryl methyl sites for hydroxylation is 1. The first-order valence-corrected chi connectivity index (χ1v) is 13.0. The van der Waals surface area contributed by atoms with Crippen LogP contribution in [0.4, 0.5) is 10.7 Å². The van der Waals surface area contributed by atoms with Gasteiger partial charge in [0.1, 0.15) is 5.00 Å². The average molecular weight is 507 g/mol. The van der Waals surface area contributed by atoms with Crippen molar-refractivity contribution in [1.82, 2.24) is 0 Å². The third-order valence-corrected chi connectivity index (χ3v) is 6.86. The number of nitrogens with zero attached hydrogens (tertiary/aromatic N) is 1. The number of carbonyl (C=O) groups is 2. The number of aliphatic imine (C=N–C) groups is 1. The predicted octanol–water partition coefficient (Wildman–Crippen LogP) is 5.97. The van der Waals surface area contributed by atoms with Crippen LogP contribution >= 0.6 is 11.3 Å². The molecule has 0 fully saturated rings. The number of esters is 1. The second-order valence-electron chi connectivity index (χ2n) is 8.20. The van der Waals surface area contributed by atoms with Gasteiger partial charge in [-0.15, -0.1) is 11.3 Å². The number of nitrogens with one attached hydrogen (secondary N) is 1. The normalized spacial score (nSPS) is 12.7. The van der Waals surface area contributed by atoms with Gasteiger partial charge in [0.25, 0.3) is 5.91 Å². The Balaban J connectivity index is 1.58. The van der Waals surface area contributed by atoms with Gasteiger partial charge in [-0.3, -0.25) is 4.79 Å². The summed E-state index contributed by atoms with van der Waals surface area (Å²) in [5.41, 5.74) is 3.33. The standard InChI is InChI=1S/C28H30N2O5S/c1-3-33-23-16-19(14-15-22(23)35-18-25(31)34-4-2)17-29-28-26(21-12-8-9-13-24(21)36-28)27(32)30-20-10-6-5-7-11-20/h5-7,10-11,14-17H,3-4,8-9,12-13,18H2,1-2H3,(H,30,32). The Morgan fingerprint density at radius 1 is 1.00 bits per heavy atom. The number of benzene rings is 2. The number of anilines is 1. The molecule has 0 saturated carbocycles. The van der Waals surface area contributed by atoms with Crippen molar-refractivity contribution < 1.29 is 23.8 Å². The molecule has 1 aliphatic rings. The number of thiophene rings is 1. The molecule has 36 heavy (non-hydrogen) atoms. The molecule has 7 nitrogen and oxygen atoms in total. The predicted molar refractivity (Wildman–Crippen MR) is 142 cm³/mol. The van der Waals surface area contributed by atoms with Crippen molar-refractivity contribution in [2.45, 2.75) is 39.5 Å². The van der Waals surface area contributed by atoms with Crippen molar-refractivity contribution in [3.63, 3.8) is 0 Å². The summed E-state index contributed by atoms with van der Waals surface area (Å²) in [6.07, 6.45) is 5.79. The Morgan fingerprint density at radius 2 is 1.81 bits per heavy atom. The van der Waals surface area contributed by atoms with E-state index in [1.807, 2.05) is 49.4 Å². The van der Waals surface area contributed by atoms with Crippen LogP contribution in [-0.4, -0.2) is 37.9 Å².